The Balaban J connectivity index is 1.18. The minimum absolute atomic E-state index is 0.709. The molecule has 0 saturated heterocycles. The highest BCUT2D eigenvalue weighted by Gasteiger charge is 2.21. The van der Waals surface area contributed by atoms with E-state index in [4.69, 9.17) is 4.42 Å². The standard InChI is InChI=1S/C44H33NOS/c1-2-9-28(10-3-1)29-19-22-34-30(25-29)17-18-31-26-32(20-23-35(31)34)45(33-21-24-41-38(27-33)36-11-4-6-14-40(36)46-41)39-13-8-16-43-44(39)37-12-5-7-15-42(37)47-43/h4-8,11-28H,1-3,9-10H2. The van der Waals surface area contributed by atoms with Crippen molar-refractivity contribution in [2.45, 2.75) is 38.0 Å². The Hall–Kier alpha value is -5.12. The van der Waals surface area contributed by atoms with E-state index in [1.807, 2.05) is 17.4 Å². The quantitative estimate of drug-likeness (QED) is 0.181. The van der Waals surface area contributed by atoms with Crippen molar-refractivity contribution in [2.24, 2.45) is 0 Å². The van der Waals surface area contributed by atoms with Crippen LogP contribution in [0.4, 0.5) is 17.1 Å². The van der Waals surface area contributed by atoms with E-state index in [0.717, 1.165) is 33.3 Å². The Kier molecular flexibility index (Phi) is 6.17. The number of thiophene rings is 1. The number of benzene rings is 7. The van der Waals surface area contributed by atoms with Gasteiger partial charge in [0.1, 0.15) is 11.2 Å². The molecule has 10 rings (SSSR count). The summed E-state index contributed by atoms with van der Waals surface area (Å²) in [7, 11) is 0. The number of anilines is 3. The topological polar surface area (TPSA) is 16.4 Å². The summed E-state index contributed by atoms with van der Waals surface area (Å²) >= 11 is 1.86. The van der Waals surface area contributed by atoms with E-state index >= 15 is 0 Å². The molecule has 0 aliphatic heterocycles. The molecule has 1 saturated carbocycles. The highest BCUT2D eigenvalue weighted by atomic mass is 32.1. The summed E-state index contributed by atoms with van der Waals surface area (Å²) in [6.45, 7) is 0. The largest absolute Gasteiger partial charge is 0.456 e. The number of furan rings is 1. The van der Waals surface area contributed by atoms with Gasteiger partial charge in [-0.2, -0.15) is 0 Å². The number of para-hydroxylation sites is 1. The predicted octanol–water partition coefficient (Wildman–Crippen LogP) is 13.8. The normalized spacial score (nSPS) is 14.3. The first-order chi connectivity index (χ1) is 23.3. The summed E-state index contributed by atoms with van der Waals surface area (Å²) in [6.07, 6.45) is 6.75. The number of hydrogen-bond acceptors (Lipinski definition) is 3. The van der Waals surface area contributed by atoms with Gasteiger partial charge in [0.15, 0.2) is 0 Å². The third-order valence-electron chi connectivity index (χ3n) is 10.4. The number of nitrogens with zero attached hydrogens (tertiary/aromatic N) is 1. The van der Waals surface area contributed by atoms with Crippen LogP contribution in [0.2, 0.25) is 0 Å². The van der Waals surface area contributed by atoms with Gasteiger partial charge in [-0.15, -0.1) is 11.3 Å². The fourth-order valence-corrected chi connectivity index (χ4v) is 9.26. The van der Waals surface area contributed by atoms with Gasteiger partial charge in [-0.05, 0) is 100 Å². The monoisotopic (exact) mass is 623 g/mol. The average Bonchev–Trinajstić information content (AvgIpc) is 3.70. The summed E-state index contributed by atoms with van der Waals surface area (Å²) < 4.78 is 8.85. The van der Waals surface area contributed by atoms with Gasteiger partial charge in [0.25, 0.3) is 0 Å². The van der Waals surface area contributed by atoms with Crippen molar-refractivity contribution in [3.8, 4) is 0 Å². The summed E-state index contributed by atoms with van der Waals surface area (Å²) in [5, 5.41) is 10.1. The van der Waals surface area contributed by atoms with Gasteiger partial charge in [-0.25, -0.2) is 0 Å². The minimum Gasteiger partial charge on any atom is -0.456 e. The third kappa shape index (κ3) is 4.37. The van der Waals surface area contributed by atoms with Gasteiger partial charge in [0.05, 0.1) is 5.69 Å². The predicted molar refractivity (Wildman–Crippen MR) is 202 cm³/mol. The van der Waals surface area contributed by atoms with E-state index in [2.05, 4.69) is 132 Å². The van der Waals surface area contributed by atoms with Crippen LogP contribution in [0.3, 0.4) is 0 Å². The van der Waals surface area contributed by atoms with Gasteiger partial charge in [0, 0.05) is 42.3 Å². The second kappa shape index (κ2) is 10.7. The van der Waals surface area contributed by atoms with Crippen molar-refractivity contribution in [1.82, 2.24) is 0 Å². The Labute approximate surface area is 277 Å². The SMILES string of the molecule is c1ccc2c(c1)oc1ccc(N(c3ccc4c(ccc5cc(C6CCCCC6)ccc54)c3)c3cccc4sc5ccccc5c34)cc12. The van der Waals surface area contributed by atoms with Crippen molar-refractivity contribution in [3.63, 3.8) is 0 Å². The number of fused-ring (bicyclic) bond motifs is 9. The molecule has 0 atom stereocenters. The molecule has 0 N–H and O–H groups in total. The van der Waals surface area contributed by atoms with Gasteiger partial charge in [-0.1, -0.05) is 98.1 Å². The first-order valence-electron chi connectivity index (χ1n) is 16.9. The molecule has 0 unspecified atom stereocenters. The van der Waals surface area contributed by atoms with Crippen molar-refractivity contribution < 1.29 is 4.42 Å². The molecule has 0 amide bonds. The maximum absolute atomic E-state index is 6.24. The van der Waals surface area contributed by atoms with Crippen LogP contribution in [0, 0.1) is 0 Å². The van der Waals surface area contributed by atoms with E-state index in [-0.39, 0.29) is 0 Å². The molecular weight excluding hydrogens is 591 g/mol. The maximum Gasteiger partial charge on any atom is 0.135 e. The molecule has 1 aliphatic rings. The van der Waals surface area contributed by atoms with E-state index < -0.39 is 0 Å². The number of rotatable bonds is 4. The molecule has 0 spiro atoms. The second-order valence-electron chi connectivity index (χ2n) is 13.1. The molecule has 2 aromatic heterocycles. The van der Waals surface area contributed by atoms with Gasteiger partial charge < -0.3 is 9.32 Å². The van der Waals surface area contributed by atoms with Crippen LogP contribution < -0.4 is 4.90 Å². The van der Waals surface area contributed by atoms with Crippen LogP contribution >= 0.6 is 11.3 Å². The molecule has 2 nitrogen and oxygen atoms in total. The van der Waals surface area contributed by atoms with Crippen LogP contribution in [-0.4, -0.2) is 0 Å². The molecule has 47 heavy (non-hydrogen) atoms. The average molecular weight is 624 g/mol. The lowest BCUT2D eigenvalue weighted by Crippen LogP contribution is -2.10. The highest BCUT2D eigenvalue weighted by Crippen LogP contribution is 2.46. The molecule has 1 fully saturated rings. The molecule has 1 aliphatic carbocycles. The molecule has 2 heterocycles. The molecule has 3 heteroatoms. The number of hydrogen-bond donors (Lipinski definition) is 0. The highest BCUT2D eigenvalue weighted by molar-refractivity contribution is 7.26. The lowest BCUT2D eigenvalue weighted by molar-refractivity contribution is 0.444. The Morgan fingerprint density at radius 2 is 1.21 bits per heavy atom. The molecule has 7 aromatic carbocycles. The van der Waals surface area contributed by atoms with Gasteiger partial charge in [0.2, 0.25) is 0 Å². The Morgan fingerprint density at radius 1 is 0.511 bits per heavy atom. The molecule has 0 bridgehead atoms. The van der Waals surface area contributed by atoms with E-state index in [1.54, 1.807) is 0 Å². The summed E-state index contributed by atoms with van der Waals surface area (Å²) in [4.78, 5) is 2.44. The van der Waals surface area contributed by atoms with Crippen LogP contribution in [0.5, 0.6) is 0 Å². The summed E-state index contributed by atoms with van der Waals surface area (Å²) in [6, 6.07) is 49.3. The van der Waals surface area contributed by atoms with Gasteiger partial charge >= 0.3 is 0 Å². The molecule has 0 radical (unpaired) electrons. The van der Waals surface area contributed by atoms with E-state index in [9.17, 15) is 0 Å². The second-order valence-corrected chi connectivity index (χ2v) is 14.2. The third-order valence-corrected chi connectivity index (χ3v) is 11.6. The zero-order valence-electron chi connectivity index (χ0n) is 26.1. The van der Waals surface area contributed by atoms with Crippen LogP contribution in [0.15, 0.2) is 138 Å². The Bertz CT molecular complexity index is 2640. The zero-order valence-corrected chi connectivity index (χ0v) is 26.9. The van der Waals surface area contributed by atoms with Crippen molar-refractivity contribution in [2.75, 3.05) is 4.90 Å². The van der Waals surface area contributed by atoms with Crippen molar-refractivity contribution >= 4 is 92.1 Å². The lowest BCUT2D eigenvalue weighted by atomic mass is 9.83. The summed E-state index contributed by atoms with van der Waals surface area (Å²) in [5.74, 6) is 0.709. The molecule has 226 valence electrons. The Morgan fingerprint density at radius 3 is 2.11 bits per heavy atom. The molecular formula is C44H33NOS. The fraction of sp³-hybridized carbons (Fsp3) is 0.136. The van der Waals surface area contributed by atoms with Crippen LogP contribution in [-0.2, 0) is 0 Å². The van der Waals surface area contributed by atoms with Crippen LogP contribution in [0.25, 0.3) is 63.7 Å². The van der Waals surface area contributed by atoms with E-state index in [0.29, 0.717) is 5.92 Å². The minimum atomic E-state index is 0.709. The maximum atomic E-state index is 6.24. The van der Waals surface area contributed by atoms with Crippen LogP contribution in [0.1, 0.15) is 43.6 Å². The van der Waals surface area contributed by atoms with E-state index in [1.165, 1.54) is 85.1 Å². The smallest absolute Gasteiger partial charge is 0.135 e. The van der Waals surface area contributed by atoms with Crippen molar-refractivity contribution in [1.29, 1.82) is 0 Å². The zero-order chi connectivity index (χ0) is 30.9. The summed E-state index contributed by atoms with van der Waals surface area (Å²) in [5.41, 5.74) is 6.78. The fourth-order valence-electron chi connectivity index (χ4n) is 8.13. The first-order valence-corrected chi connectivity index (χ1v) is 17.7. The van der Waals surface area contributed by atoms with Gasteiger partial charge in [-0.3, -0.25) is 0 Å². The molecule has 9 aromatic rings. The van der Waals surface area contributed by atoms with Crippen molar-refractivity contribution in [3.05, 3.63) is 139 Å². The first kappa shape index (κ1) is 27.0. The lowest BCUT2D eigenvalue weighted by Gasteiger charge is -2.27.